The lowest BCUT2D eigenvalue weighted by molar-refractivity contribution is -0.00697. The number of ether oxygens (including phenoxy) is 2. The van der Waals surface area contributed by atoms with Crippen LogP contribution in [0.25, 0.3) is 0 Å². The summed E-state index contributed by atoms with van der Waals surface area (Å²) >= 11 is 3.37. The summed E-state index contributed by atoms with van der Waals surface area (Å²) in [5.41, 5.74) is 3.02. The van der Waals surface area contributed by atoms with Crippen LogP contribution in [-0.4, -0.2) is 34.3 Å². The molecule has 128 valence electrons. The van der Waals surface area contributed by atoms with Crippen LogP contribution in [-0.2, 0) is 17.7 Å². The lowest BCUT2D eigenvalue weighted by Crippen LogP contribution is -2.27. The van der Waals surface area contributed by atoms with Crippen LogP contribution in [0, 0.1) is 0 Å². The Morgan fingerprint density at radius 3 is 3.08 bits per heavy atom. The number of carbonyl (C=O) groups excluding carboxylic acids is 1. The Labute approximate surface area is 148 Å². The van der Waals surface area contributed by atoms with Gasteiger partial charge in [0.05, 0.1) is 25.0 Å². The van der Waals surface area contributed by atoms with Crippen LogP contribution in [0.4, 0.5) is 0 Å². The second-order valence-corrected chi connectivity index (χ2v) is 6.68. The highest BCUT2D eigenvalue weighted by Gasteiger charge is 2.29. The molecule has 2 aromatic heterocycles. The fraction of sp³-hybridized carbons (Fsp3) is 0.438. The minimum Gasteiger partial charge on any atom is -0.481 e. The Hall–Kier alpha value is -1.93. The summed E-state index contributed by atoms with van der Waals surface area (Å²) in [4.78, 5) is 16.7. The van der Waals surface area contributed by atoms with Gasteiger partial charge in [0.1, 0.15) is 0 Å². The van der Waals surface area contributed by atoms with Gasteiger partial charge in [0.25, 0.3) is 5.91 Å². The summed E-state index contributed by atoms with van der Waals surface area (Å²) in [5, 5.41) is 9.99. The Bertz CT molecular complexity index is 762. The van der Waals surface area contributed by atoms with Crippen molar-refractivity contribution in [1.82, 2.24) is 20.5 Å². The van der Waals surface area contributed by atoms with Crippen molar-refractivity contribution in [3.8, 4) is 5.88 Å². The highest BCUT2D eigenvalue weighted by atomic mass is 79.9. The molecule has 0 aromatic carbocycles. The van der Waals surface area contributed by atoms with Crippen molar-refractivity contribution in [1.29, 1.82) is 0 Å². The van der Waals surface area contributed by atoms with E-state index in [-0.39, 0.29) is 18.1 Å². The fourth-order valence-electron chi connectivity index (χ4n) is 2.90. The fourth-order valence-corrected chi connectivity index (χ4v) is 3.28. The molecule has 2 N–H and O–H groups in total. The minimum atomic E-state index is -0.226. The molecule has 0 saturated carbocycles. The van der Waals surface area contributed by atoms with E-state index in [1.165, 1.54) is 0 Å². The average molecular weight is 395 g/mol. The number of nitrogens with one attached hydrogen (secondary N) is 2. The summed E-state index contributed by atoms with van der Waals surface area (Å²) in [6.45, 7) is 4.25. The molecule has 7 nitrogen and oxygen atoms in total. The number of hydrogen-bond acceptors (Lipinski definition) is 5. The van der Waals surface area contributed by atoms with Crippen molar-refractivity contribution in [2.45, 2.75) is 39.0 Å². The zero-order chi connectivity index (χ0) is 17.3. The monoisotopic (exact) mass is 394 g/mol. The van der Waals surface area contributed by atoms with Gasteiger partial charge in [0.15, 0.2) is 5.69 Å². The van der Waals surface area contributed by atoms with E-state index in [0.29, 0.717) is 24.5 Å². The molecular weight excluding hydrogens is 376 g/mol. The molecule has 0 spiro atoms. The third-order valence-electron chi connectivity index (χ3n) is 3.97. The number of H-pyrrole nitrogens is 1. The van der Waals surface area contributed by atoms with E-state index in [4.69, 9.17) is 9.47 Å². The van der Waals surface area contributed by atoms with Crippen LogP contribution < -0.4 is 10.1 Å². The van der Waals surface area contributed by atoms with E-state index in [2.05, 4.69) is 36.4 Å². The zero-order valence-electron chi connectivity index (χ0n) is 13.7. The second kappa shape index (κ2) is 6.90. The van der Waals surface area contributed by atoms with Gasteiger partial charge in [0, 0.05) is 34.8 Å². The highest BCUT2D eigenvalue weighted by molar-refractivity contribution is 9.10. The highest BCUT2D eigenvalue weighted by Crippen LogP contribution is 2.30. The smallest absolute Gasteiger partial charge is 0.272 e. The van der Waals surface area contributed by atoms with Gasteiger partial charge in [-0.05, 0) is 35.8 Å². The van der Waals surface area contributed by atoms with Crippen molar-refractivity contribution in [3.05, 3.63) is 39.3 Å². The molecule has 1 aliphatic rings. The number of pyridine rings is 1. The first-order chi connectivity index (χ1) is 11.5. The molecule has 3 rings (SSSR count). The molecule has 2 atom stereocenters. The molecule has 2 aromatic rings. The first-order valence-corrected chi connectivity index (χ1v) is 8.48. The Morgan fingerprint density at radius 2 is 2.33 bits per heavy atom. The van der Waals surface area contributed by atoms with Crippen LogP contribution in [0.2, 0.25) is 0 Å². The molecule has 1 aliphatic heterocycles. The summed E-state index contributed by atoms with van der Waals surface area (Å²) < 4.78 is 11.8. The Kier molecular flexibility index (Phi) is 4.86. The number of halogens is 1. The predicted molar refractivity (Wildman–Crippen MR) is 90.9 cm³/mol. The Balaban J connectivity index is 1.76. The van der Waals surface area contributed by atoms with Crippen molar-refractivity contribution in [3.63, 3.8) is 0 Å². The molecule has 1 amide bonds. The van der Waals surface area contributed by atoms with Gasteiger partial charge >= 0.3 is 0 Å². The second-order valence-electron chi connectivity index (χ2n) is 5.76. The van der Waals surface area contributed by atoms with Crippen molar-refractivity contribution in [2.75, 3.05) is 7.11 Å². The summed E-state index contributed by atoms with van der Waals surface area (Å²) in [6, 6.07) is 1.87. The number of aromatic amines is 1. The van der Waals surface area contributed by atoms with Gasteiger partial charge in [-0.3, -0.25) is 9.89 Å². The topological polar surface area (TPSA) is 89.1 Å². The molecule has 0 bridgehead atoms. The number of nitrogens with zero attached hydrogens (tertiary/aromatic N) is 2. The predicted octanol–water partition coefficient (Wildman–Crippen LogP) is 2.53. The van der Waals surface area contributed by atoms with Crippen molar-refractivity contribution < 1.29 is 14.3 Å². The number of fused-ring (bicyclic) bond motifs is 1. The number of amides is 1. The maximum Gasteiger partial charge on any atom is 0.272 e. The molecule has 0 saturated heterocycles. The van der Waals surface area contributed by atoms with Crippen LogP contribution in [0.1, 0.15) is 47.3 Å². The SMILES string of the molecule is COc1ncc(Br)cc1CNC(=O)c1n[nH]c2c1C[C@H](C)O[C@@H]2C. The number of methoxy groups -OCH3 is 1. The number of carbonyl (C=O) groups is 1. The first kappa shape index (κ1) is 16.9. The minimum absolute atomic E-state index is 0.0611. The van der Waals surface area contributed by atoms with Gasteiger partial charge in [0.2, 0.25) is 5.88 Å². The third kappa shape index (κ3) is 3.29. The van der Waals surface area contributed by atoms with Gasteiger partial charge in [-0.25, -0.2) is 4.98 Å². The van der Waals surface area contributed by atoms with Crippen molar-refractivity contribution >= 4 is 21.8 Å². The Morgan fingerprint density at radius 1 is 1.54 bits per heavy atom. The maximum atomic E-state index is 12.5. The lowest BCUT2D eigenvalue weighted by atomic mass is 9.99. The van der Waals surface area contributed by atoms with Gasteiger partial charge in [-0.1, -0.05) is 0 Å². The molecule has 0 unspecified atom stereocenters. The van der Waals surface area contributed by atoms with E-state index in [0.717, 1.165) is 21.3 Å². The van der Waals surface area contributed by atoms with Crippen LogP contribution in [0.3, 0.4) is 0 Å². The standard InChI is InChI=1S/C16H19BrN4O3/c1-8-4-12-13(9(2)24-8)20-21-14(12)15(22)18-6-10-5-11(17)7-19-16(10)23-3/h5,7-9H,4,6H2,1-3H3,(H,18,22)(H,20,21)/t8-,9+/m0/s1. The van der Waals surface area contributed by atoms with Crippen LogP contribution in [0.15, 0.2) is 16.7 Å². The molecule has 24 heavy (non-hydrogen) atoms. The molecule has 0 fully saturated rings. The number of aromatic nitrogens is 3. The van der Waals surface area contributed by atoms with Crippen molar-refractivity contribution in [2.24, 2.45) is 0 Å². The maximum absolute atomic E-state index is 12.5. The largest absolute Gasteiger partial charge is 0.481 e. The molecular formula is C16H19BrN4O3. The number of hydrogen-bond donors (Lipinski definition) is 2. The quantitative estimate of drug-likeness (QED) is 0.831. The zero-order valence-corrected chi connectivity index (χ0v) is 15.3. The average Bonchev–Trinajstić information content (AvgIpc) is 2.97. The summed E-state index contributed by atoms with van der Waals surface area (Å²) in [6.07, 6.45) is 2.29. The molecule has 3 heterocycles. The van der Waals surface area contributed by atoms with Crippen LogP contribution in [0.5, 0.6) is 5.88 Å². The normalized spacial score (nSPS) is 19.7. The first-order valence-electron chi connectivity index (χ1n) is 7.68. The molecule has 0 aliphatic carbocycles. The number of rotatable bonds is 4. The summed E-state index contributed by atoms with van der Waals surface area (Å²) in [7, 11) is 1.55. The van der Waals surface area contributed by atoms with E-state index >= 15 is 0 Å². The van der Waals surface area contributed by atoms with E-state index in [9.17, 15) is 4.79 Å². The van der Waals surface area contributed by atoms with E-state index < -0.39 is 0 Å². The van der Waals surface area contributed by atoms with Gasteiger partial charge in [-0.2, -0.15) is 5.10 Å². The third-order valence-corrected chi connectivity index (χ3v) is 4.41. The van der Waals surface area contributed by atoms with Gasteiger partial charge in [-0.15, -0.1) is 0 Å². The summed E-state index contributed by atoms with van der Waals surface area (Å²) in [5.74, 6) is 0.258. The van der Waals surface area contributed by atoms with Gasteiger partial charge < -0.3 is 14.8 Å². The molecule has 8 heteroatoms. The lowest BCUT2D eigenvalue weighted by Gasteiger charge is -2.25. The molecule has 0 radical (unpaired) electrons. The van der Waals surface area contributed by atoms with E-state index in [1.54, 1.807) is 13.3 Å². The van der Waals surface area contributed by atoms with E-state index in [1.807, 2.05) is 19.9 Å². The van der Waals surface area contributed by atoms with Crippen LogP contribution >= 0.6 is 15.9 Å².